The molecule has 0 amide bonds. The van der Waals surface area contributed by atoms with E-state index < -0.39 is 5.92 Å². The van der Waals surface area contributed by atoms with Crippen molar-refractivity contribution in [3.05, 3.63) is 58.9 Å². The molecule has 168 valence electrons. The lowest BCUT2D eigenvalue weighted by Crippen LogP contribution is -2.42. The van der Waals surface area contributed by atoms with Crippen molar-refractivity contribution in [1.29, 1.82) is 0 Å². The van der Waals surface area contributed by atoms with Gasteiger partial charge in [-0.1, -0.05) is 24.3 Å². The number of ketones is 3. The zero-order chi connectivity index (χ0) is 23.0. The van der Waals surface area contributed by atoms with Crippen LogP contribution in [0.2, 0.25) is 0 Å². The highest BCUT2D eigenvalue weighted by Crippen LogP contribution is 2.50. The molecule has 2 aromatic carbocycles. The van der Waals surface area contributed by atoms with Crippen LogP contribution in [0.5, 0.6) is 0 Å². The molecule has 4 heteroatoms. The van der Waals surface area contributed by atoms with E-state index in [0.29, 0.717) is 25.2 Å². The van der Waals surface area contributed by atoms with Gasteiger partial charge < -0.3 is 4.79 Å². The van der Waals surface area contributed by atoms with Crippen LogP contribution >= 0.6 is 0 Å². The molecule has 4 rings (SSSR count). The highest BCUT2D eigenvalue weighted by Gasteiger charge is 2.47. The smallest absolute Gasteiger partial charge is 0.148 e. The quantitative estimate of drug-likeness (QED) is 0.532. The number of hydrogen-bond donors (Lipinski definition) is 0. The summed E-state index contributed by atoms with van der Waals surface area (Å²) < 4.78 is 13.3. The first-order valence-corrected chi connectivity index (χ1v) is 11.6. The Labute approximate surface area is 189 Å². The Kier molecular flexibility index (Phi) is 6.15. The van der Waals surface area contributed by atoms with Crippen molar-refractivity contribution in [2.75, 3.05) is 0 Å². The minimum absolute atomic E-state index is 0.0343. The molecule has 0 radical (unpaired) electrons. The molecule has 2 saturated carbocycles. The van der Waals surface area contributed by atoms with E-state index in [0.717, 1.165) is 53.5 Å². The summed E-state index contributed by atoms with van der Waals surface area (Å²) in [5.74, 6) is -0.278. The van der Waals surface area contributed by atoms with Crippen molar-refractivity contribution in [3.8, 4) is 11.1 Å². The molecule has 2 aromatic rings. The molecule has 0 saturated heterocycles. The van der Waals surface area contributed by atoms with E-state index in [9.17, 15) is 18.8 Å². The number of benzene rings is 2. The van der Waals surface area contributed by atoms with Crippen molar-refractivity contribution < 1.29 is 18.8 Å². The van der Waals surface area contributed by atoms with E-state index in [1.165, 1.54) is 12.1 Å². The highest BCUT2D eigenvalue weighted by molar-refractivity contribution is 6.10. The molecular weight excluding hydrogens is 403 g/mol. The summed E-state index contributed by atoms with van der Waals surface area (Å²) >= 11 is 0. The summed E-state index contributed by atoms with van der Waals surface area (Å²) in [6.07, 6.45) is 5.08. The molecule has 1 spiro atoms. The van der Waals surface area contributed by atoms with Gasteiger partial charge in [0.1, 0.15) is 29.1 Å². The average Bonchev–Trinajstić information content (AvgIpc) is 2.71. The van der Waals surface area contributed by atoms with Crippen molar-refractivity contribution in [2.45, 2.75) is 71.6 Å². The Balaban J connectivity index is 1.55. The summed E-state index contributed by atoms with van der Waals surface area (Å²) in [7, 11) is 0. The molecule has 32 heavy (non-hydrogen) atoms. The number of carbonyl (C=O) groups excluding carboxylic acids is 3. The predicted octanol–water partition coefficient (Wildman–Crippen LogP) is 6.28. The van der Waals surface area contributed by atoms with E-state index in [2.05, 4.69) is 0 Å². The van der Waals surface area contributed by atoms with Gasteiger partial charge in [-0.2, -0.15) is 0 Å². The lowest BCUT2D eigenvalue weighted by molar-refractivity contribution is -0.138. The molecular formula is C28H31FO3. The van der Waals surface area contributed by atoms with Crippen molar-refractivity contribution in [3.63, 3.8) is 0 Å². The SMILES string of the molecule is CC(=O)CC1CCC2(CC1)CC(=O)C(c1c(C)cc(-c3ccc(F)cc3)cc1C)C(=O)C2. The maximum atomic E-state index is 13.3. The molecule has 0 aliphatic heterocycles. The van der Waals surface area contributed by atoms with Crippen LogP contribution in [0.15, 0.2) is 36.4 Å². The Morgan fingerprint density at radius 1 is 0.938 bits per heavy atom. The standard InChI is InChI=1S/C28H31FO3/c1-17-12-22(21-4-6-23(29)7-5-21)13-18(2)26(17)27-24(31)15-28(16-25(27)32)10-8-20(9-11-28)14-19(3)30/h4-7,12-13,20,27H,8-11,14-16H2,1-3H3. The summed E-state index contributed by atoms with van der Waals surface area (Å²) in [6, 6.07) is 10.3. The molecule has 0 N–H and O–H groups in total. The van der Waals surface area contributed by atoms with Gasteiger partial charge in [0.15, 0.2) is 0 Å². The zero-order valence-corrected chi connectivity index (χ0v) is 19.2. The lowest BCUT2D eigenvalue weighted by atomic mass is 9.59. The lowest BCUT2D eigenvalue weighted by Gasteiger charge is -2.43. The van der Waals surface area contributed by atoms with E-state index in [-0.39, 0.29) is 28.6 Å². The first-order valence-electron chi connectivity index (χ1n) is 11.6. The molecule has 0 heterocycles. The van der Waals surface area contributed by atoms with Crippen LogP contribution in [0.4, 0.5) is 4.39 Å². The Bertz CT molecular complexity index is 1020. The number of aryl methyl sites for hydroxylation is 2. The number of hydrogen-bond acceptors (Lipinski definition) is 3. The second-order valence-electron chi connectivity index (χ2n) is 10.1. The van der Waals surface area contributed by atoms with Gasteiger partial charge in [0.2, 0.25) is 0 Å². The Morgan fingerprint density at radius 2 is 1.47 bits per heavy atom. The van der Waals surface area contributed by atoms with Gasteiger partial charge in [-0.3, -0.25) is 9.59 Å². The van der Waals surface area contributed by atoms with Gasteiger partial charge >= 0.3 is 0 Å². The minimum Gasteiger partial charge on any atom is -0.300 e. The van der Waals surface area contributed by atoms with Gasteiger partial charge in [-0.15, -0.1) is 0 Å². The molecule has 2 aliphatic carbocycles. The van der Waals surface area contributed by atoms with Gasteiger partial charge in [0.05, 0.1) is 0 Å². The number of rotatable bonds is 4. The first kappa shape index (κ1) is 22.6. The van der Waals surface area contributed by atoms with Crippen LogP contribution in [0.3, 0.4) is 0 Å². The first-order chi connectivity index (χ1) is 15.2. The maximum absolute atomic E-state index is 13.3. The molecule has 2 aliphatic rings. The van der Waals surface area contributed by atoms with Gasteiger partial charge in [0.25, 0.3) is 0 Å². The summed E-state index contributed by atoms with van der Waals surface area (Å²) in [5, 5.41) is 0. The van der Waals surface area contributed by atoms with Crippen molar-refractivity contribution in [2.24, 2.45) is 11.3 Å². The van der Waals surface area contributed by atoms with Crippen molar-refractivity contribution >= 4 is 17.3 Å². The second kappa shape index (κ2) is 8.73. The highest BCUT2D eigenvalue weighted by atomic mass is 19.1. The fourth-order valence-corrected chi connectivity index (χ4v) is 6.00. The van der Waals surface area contributed by atoms with Crippen LogP contribution in [0, 0.1) is 31.0 Å². The molecule has 3 nitrogen and oxygen atoms in total. The maximum Gasteiger partial charge on any atom is 0.148 e. The predicted molar refractivity (Wildman–Crippen MR) is 123 cm³/mol. The van der Waals surface area contributed by atoms with Gasteiger partial charge in [0, 0.05) is 19.3 Å². The number of Topliss-reactive ketones (excluding diaryl/α,β-unsaturated/α-hetero) is 3. The monoisotopic (exact) mass is 434 g/mol. The van der Waals surface area contributed by atoms with Crippen LogP contribution in [0.25, 0.3) is 11.1 Å². The molecule has 0 unspecified atom stereocenters. The van der Waals surface area contributed by atoms with E-state index in [1.807, 2.05) is 26.0 Å². The number of carbonyl (C=O) groups is 3. The average molecular weight is 435 g/mol. The summed E-state index contributed by atoms with van der Waals surface area (Å²) in [5.41, 5.74) is 4.35. The summed E-state index contributed by atoms with van der Waals surface area (Å²) in [6.45, 7) is 5.54. The van der Waals surface area contributed by atoms with Crippen LogP contribution < -0.4 is 0 Å². The van der Waals surface area contributed by atoms with E-state index >= 15 is 0 Å². The second-order valence-corrected chi connectivity index (χ2v) is 10.1. The van der Waals surface area contributed by atoms with Gasteiger partial charge in [-0.25, -0.2) is 4.39 Å². The Morgan fingerprint density at radius 3 is 1.97 bits per heavy atom. The van der Waals surface area contributed by atoms with Crippen LogP contribution in [0.1, 0.15) is 74.5 Å². The molecule has 2 fully saturated rings. The Hall–Kier alpha value is -2.62. The van der Waals surface area contributed by atoms with Gasteiger partial charge in [-0.05, 0) is 97.7 Å². The van der Waals surface area contributed by atoms with Crippen molar-refractivity contribution in [1.82, 2.24) is 0 Å². The minimum atomic E-state index is -0.683. The topological polar surface area (TPSA) is 51.2 Å². The van der Waals surface area contributed by atoms with Crippen LogP contribution in [-0.2, 0) is 14.4 Å². The van der Waals surface area contributed by atoms with Crippen LogP contribution in [-0.4, -0.2) is 17.3 Å². The largest absolute Gasteiger partial charge is 0.300 e. The normalized spacial score (nSPS) is 25.9. The third kappa shape index (κ3) is 4.46. The fraction of sp³-hybridized carbons (Fsp3) is 0.464. The third-order valence-corrected chi connectivity index (χ3v) is 7.54. The zero-order valence-electron chi connectivity index (χ0n) is 19.2. The fourth-order valence-electron chi connectivity index (χ4n) is 6.00. The summed E-state index contributed by atoms with van der Waals surface area (Å²) in [4.78, 5) is 38.1. The van der Waals surface area contributed by atoms with E-state index in [1.54, 1.807) is 19.1 Å². The molecule has 0 bridgehead atoms. The molecule has 0 aromatic heterocycles. The number of halogens is 1. The molecule has 0 atom stereocenters. The van der Waals surface area contributed by atoms with E-state index in [4.69, 9.17) is 0 Å². The third-order valence-electron chi connectivity index (χ3n) is 7.54.